The van der Waals surface area contributed by atoms with Crippen molar-refractivity contribution in [1.82, 2.24) is 14.7 Å². The van der Waals surface area contributed by atoms with Crippen LogP contribution < -0.4 is 20.8 Å². The molecule has 18 heteroatoms. The lowest BCUT2D eigenvalue weighted by atomic mass is 9.78. The quantitative estimate of drug-likeness (QED) is 0.113. The number of hydrogen-bond acceptors (Lipinski definition) is 16. The van der Waals surface area contributed by atoms with E-state index in [-0.39, 0.29) is 55.5 Å². The van der Waals surface area contributed by atoms with Gasteiger partial charge in [-0.3, -0.25) is 34.1 Å². The third kappa shape index (κ3) is 10.8. The Labute approximate surface area is 456 Å². The molecule has 2 fully saturated rings. The van der Waals surface area contributed by atoms with E-state index in [2.05, 4.69) is 53.2 Å². The van der Waals surface area contributed by atoms with Crippen molar-refractivity contribution in [3.8, 4) is 17.2 Å². The highest BCUT2D eigenvalue weighted by molar-refractivity contribution is 6.19. The van der Waals surface area contributed by atoms with E-state index in [0.717, 1.165) is 19.4 Å². The highest BCUT2D eigenvalue weighted by atomic mass is 16.7. The van der Waals surface area contributed by atoms with Crippen LogP contribution in [0.25, 0.3) is 10.8 Å². The highest BCUT2D eigenvalue weighted by Crippen LogP contribution is 2.50. The molecule has 78 heavy (non-hydrogen) atoms. The summed E-state index contributed by atoms with van der Waals surface area (Å²) in [5.74, 6) is -7.68. The third-order valence-corrected chi connectivity index (χ3v) is 17.4. The van der Waals surface area contributed by atoms with Crippen molar-refractivity contribution in [3.05, 3.63) is 93.4 Å². The first-order valence-electron chi connectivity index (χ1n) is 27.7. The number of aliphatic hydroxyl groups excluding tert-OH is 2. The number of phenols is 2. The molecule has 7 aliphatic rings. The van der Waals surface area contributed by atoms with Crippen molar-refractivity contribution >= 4 is 40.0 Å². The first kappa shape index (κ1) is 56.5. The molecule has 5 bridgehead atoms. The number of anilines is 1. The van der Waals surface area contributed by atoms with E-state index in [9.17, 15) is 34.8 Å². The normalized spacial score (nSPS) is 30.5. The number of likely N-dealkylation sites (tertiary alicyclic amines) is 1. The minimum Gasteiger partial charge on any atom is -0.507 e. The number of aliphatic hydroxyl groups is 2. The van der Waals surface area contributed by atoms with Gasteiger partial charge in [0.05, 0.1) is 40.9 Å². The molecule has 1 spiro atoms. The molecule has 2 saturated heterocycles. The molecule has 3 aromatic rings. The van der Waals surface area contributed by atoms with Crippen LogP contribution in [0.1, 0.15) is 102 Å². The summed E-state index contributed by atoms with van der Waals surface area (Å²) in [5.41, 5.74) is 2.03. The Balaban J connectivity index is 1.03. The van der Waals surface area contributed by atoms with Crippen molar-refractivity contribution in [1.29, 1.82) is 0 Å². The first-order chi connectivity index (χ1) is 37.0. The third-order valence-electron chi connectivity index (χ3n) is 17.4. The number of ether oxygens (including phenoxy) is 4. The molecule has 1 aliphatic carbocycles. The number of carbonyl (C=O) groups excluding carboxylic acids is 4. The molecule has 420 valence electrons. The molecule has 1 unspecified atom stereocenters. The first-order valence-corrected chi connectivity index (χ1v) is 27.7. The number of rotatable bonds is 7. The Morgan fingerprint density at radius 1 is 0.859 bits per heavy atom. The van der Waals surface area contributed by atoms with E-state index in [1.54, 1.807) is 64.7 Å². The molecular formula is C60H78N6O12. The van der Waals surface area contributed by atoms with E-state index in [0.29, 0.717) is 64.1 Å². The predicted octanol–water partition coefficient (Wildman–Crippen LogP) is 5.43. The number of amides is 2. The average molecular weight is 1080 g/mol. The molecule has 9 atom stereocenters. The van der Waals surface area contributed by atoms with E-state index < -0.39 is 95.1 Å². The van der Waals surface area contributed by atoms with E-state index in [4.69, 9.17) is 28.9 Å². The number of fused-ring (bicyclic) bond motifs is 14. The van der Waals surface area contributed by atoms with Crippen LogP contribution in [0.15, 0.2) is 70.4 Å². The van der Waals surface area contributed by atoms with Crippen LogP contribution in [-0.4, -0.2) is 154 Å². The summed E-state index contributed by atoms with van der Waals surface area (Å²) in [6.07, 6.45) is 5.84. The summed E-state index contributed by atoms with van der Waals surface area (Å²) in [4.78, 5) is 73.7. The second-order valence-electron chi connectivity index (χ2n) is 23.3. The van der Waals surface area contributed by atoms with Crippen molar-refractivity contribution in [3.63, 3.8) is 0 Å². The van der Waals surface area contributed by atoms with Crippen LogP contribution in [-0.2, 0) is 41.4 Å². The number of piperazine rings is 1. The SMILES string of the molecule is CO[C@H]1/C=C/OC2(C)Oc3c(C)c(O)c4c(O)c(c5c(c4c3C2=O)=NC2(CCN(CC(C)C)CC2)N=5)NC(=O)/C(C)=C\C=C\[C@H](C)[C@H](O)[C@@H](C)[C@@H](O)[C@@H](C)[C@H](OC(=O)CC(=O)N2CCN(C3Cc4ccccc4C3)CC2)[C@@H]1C. The Morgan fingerprint density at radius 3 is 2.15 bits per heavy atom. The zero-order valence-electron chi connectivity index (χ0n) is 46.7. The van der Waals surface area contributed by atoms with E-state index >= 15 is 4.79 Å². The molecule has 0 saturated carbocycles. The molecule has 3 aromatic carbocycles. The molecular weight excluding hydrogens is 997 g/mol. The summed E-state index contributed by atoms with van der Waals surface area (Å²) in [6.45, 7) is 20.4. The Hall–Kier alpha value is -6.18. The summed E-state index contributed by atoms with van der Waals surface area (Å²) in [7, 11) is 1.45. The number of hydrogen-bond donors (Lipinski definition) is 5. The molecule has 0 aromatic heterocycles. The van der Waals surface area contributed by atoms with Crippen molar-refractivity contribution in [2.45, 2.75) is 136 Å². The van der Waals surface area contributed by atoms with Gasteiger partial charge >= 0.3 is 11.8 Å². The topological polar surface area (TPSA) is 233 Å². The van der Waals surface area contributed by atoms with Gasteiger partial charge in [-0.25, -0.2) is 0 Å². The lowest BCUT2D eigenvalue weighted by Gasteiger charge is -2.39. The van der Waals surface area contributed by atoms with Crippen molar-refractivity contribution < 1.29 is 58.6 Å². The van der Waals surface area contributed by atoms with Crippen LogP contribution in [0.2, 0.25) is 0 Å². The van der Waals surface area contributed by atoms with Crippen LogP contribution in [0.5, 0.6) is 17.2 Å². The monoisotopic (exact) mass is 1070 g/mol. The molecule has 5 N–H and O–H groups in total. The molecule has 6 aliphatic heterocycles. The zero-order chi connectivity index (χ0) is 56.1. The maximum Gasteiger partial charge on any atom is 0.315 e. The second kappa shape index (κ2) is 22.5. The lowest BCUT2D eigenvalue weighted by Crippen LogP contribution is -2.52. The van der Waals surface area contributed by atoms with E-state index in [1.807, 2.05) is 0 Å². The van der Waals surface area contributed by atoms with Crippen LogP contribution in [0.4, 0.5) is 5.69 Å². The number of allylic oxidation sites excluding steroid dienone is 2. The van der Waals surface area contributed by atoms with Crippen molar-refractivity contribution in [2.24, 2.45) is 39.6 Å². The van der Waals surface area contributed by atoms with Gasteiger partial charge < -0.3 is 54.5 Å². The summed E-state index contributed by atoms with van der Waals surface area (Å²) in [5, 5.41) is 51.2. The fraction of sp³-hybridized carbons (Fsp3) is 0.567. The minimum atomic E-state index is -2.02. The van der Waals surface area contributed by atoms with Gasteiger partial charge in [-0.1, -0.05) is 84.0 Å². The number of methoxy groups -OCH3 is 1. The molecule has 6 heterocycles. The van der Waals surface area contributed by atoms with Gasteiger partial charge in [0.25, 0.3) is 11.7 Å². The summed E-state index contributed by atoms with van der Waals surface area (Å²) >= 11 is 0. The van der Waals surface area contributed by atoms with Gasteiger partial charge in [0.15, 0.2) is 11.4 Å². The summed E-state index contributed by atoms with van der Waals surface area (Å²) < 4.78 is 24.8. The highest BCUT2D eigenvalue weighted by Gasteiger charge is 2.50. The number of aromatic hydroxyl groups is 2. The summed E-state index contributed by atoms with van der Waals surface area (Å²) in [6, 6.07) is 8.84. The second-order valence-corrected chi connectivity index (χ2v) is 23.3. The molecule has 0 radical (unpaired) electrons. The van der Waals surface area contributed by atoms with Gasteiger partial charge in [-0.05, 0) is 49.8 Å². The fourth-order valence-corrected chi connectivity index (χ4v) is 12.6. The van der Waals surface area contributed by atoms with Gasteiger partial charge in [-0.2, -0.15) is 0 Å². The van der Waals surface area contributed by atoms with Gasteiger partial charge in [0.2, 0.25) is 5.91 Å². The van der Waals surface area contributed by atoms with Crippen LogP contribution in [0, 0.1) is 36.5 Å². The smallest absolute Gasteiger partial charge is 0.315 e. The standard InChI is InChI=1S/C60H78N6O12/c1-32(2)31-64-21-19-60(20-22-64)62-48-45-46-53(71)38(8)56-47(45)57(73)59(9,78-56)76-27-18-42(75-10)35(5)55(77-44(68)30-43(67)66-25-23-65(24-26-66)41-28-39-16-11-12-17-40(39)29-41)37(7)52(70)36(6)51(69)33(3)14-13-15-34(4)58(74)61-50(54(46)72)49(48)63-60/h11-18,27,32-33,35-37,41-42,51-52,55,69-72H,19-26,28-31H2,1-10H3,(H,61,74)/b14-13+,27-18+,34-15-/t33-,35+,36+,37+,42-,51-,52+,55+,59?/m0/s1. The molecule has 10 rings (SSSR count). The van der Waals surface area contributed by atoms with Crippen molar-refractivity contribution in [2.75, 3.05) is 58.2 Å². The van der Waals surface area contributed by atoms with Gasteiger partial charge in [-0.15, -0.1) is 0 Å². The fourth-order valence-electron chi connectivity index (χ4n) is 12.6. The van der Waals surface area contributed by atoms with Gasteiger partial charge in [0, 0.05) is 119 Å². The Morgan fingerprint density at radius 2 is 1.51 bits per heavy atom. The number of phenolic OH excluding ortho intramolecular Hbond substituents is 2. The Bertz CT molecular complexity index is 3040. The number of carbonyl (C=O) groups is 4. The number of benzene rings is 3. The van der Waals surface area contributed by atoms with Gasteiger partial charge in [0.1, 0.15) is 35.1 Å². The predicted molar refractivity (Wildman–Crippen MR) is 292 cm³/mol. The number of nitrogens with one attached hydrogen (secondary N) is 1. The maximum absolute atomic E-state index is 15.0. The van der Waals surface area contributed by atoms with Crippen LogP contribution in [0.3, 0.4) is 0 Å². The number of Topliss-reactive ketones (excluding diaryl/α,β-unsaturated/α-hetero) is 1. The lowest BCUT2D eigenvalue weighted by molar-refractivity contribution is -0.165. The molecule has 18 nitrogen and oxygen atoms in total. The number of piperidine rings is 1. The number of ketones is 1. The maximum atomic E-state index is 15.0. The van der Waals surface area contributed by atoms with Crippen LogP contribution >= 0.6 is 0 Å². The number of esters is 1. The van der Waals surface area contributed by atoms with E-state index in [1.165, 1.54) is 37.5 Å². The average Bonchev–Trinajstić information content (AvgIpc) is 4.13. The largest absolute Gasteiger partial charge is 0.507 e. The Kier molecular flexibility index (Phi) is 16.3. The number of nitrogens with zero attached hydrogens (tertiary/aromatic N) is 5. The minimum absolute atomic E-state index is 0.0117. The molecule has 2 amide bonds. The zero-order valence-corrected chi connectivity index (χ0v) is 46.7.